The molecule has 0 aliphatic carbocycles. The summed E-state index contributed by atoms with van der Waals surface area (Å²) in [6, 6.07) is 10.9. The van der Waals surface area contributed by atoms with E-state index in [4.69, 9.17) is 10.5 Å². The van der Waals surface area contributed by atoms with Crippen molar-refractivity contribution in [1.82, 2.24) is 0 Å². The standard InChI is InChI=1S/C16H16BrF2NO/c1-2-13(20)16(10-6-8-11(17)9-7-10)21-14-5-3-4-12(18)15(14)19/h3-9,13,16H,2,20H2,1H3. The third-order valence-corrected chi connectivity index (χ3v) is 3.76. The van der Waals surface area contributed by atoms with Gasteiger partial charge in [-0.25, -0.2) is 4.39 Å². The van der Waals surface area contributed by atoms with Crippen molar-refractivity contribution in [3.8, 4) is 5.75 Å². The second kappa shape index (κ2) is 7.00. The number of benzene rings is 2. The molecule has 0 spiro atoms. The molecule has 0 radical (unpaired) electrons. The van der Waals surface area contributed by atoms with E-state index in [1.807, 2.05) is 31.2 Å². The molecule has 0 aliphatic heterocycles. The third-order valence-electron chi connectivity index (χ3n) is 3.23. The molecule has 0 saturated heterocycles. The lowest BCUT2D eigenvalue weighted by Crippen LogP contribution is -2.31. The van der Waals surface area contributed by atoms with Gasteiger partial charge >= 0.3 is 0 Å². The van der Waals surface area contributed by atoms with E-state index < -0.39 is 17.7 Å². The molecule has 0 fully saturated rings. The van der Waals surface area contributed by atoms with Gasteiger partial charge < -0.3 is 10.5 Å². The molecule has 2 rings (SSSR count). The minimum absolute atomic E-state index is 0.133. The topological polar surface area (TPSA) is 35.2 Å². The summed E-state index contributed by atoms with van der Waals surface area (Å²) >= 11 is 3.36. The molecule has 0 aliphatic rings. The maximum absolute atomic E-state index is 13.8. The van der Waals surface area contributed by atoms with Gasteiger partial charge in [-0.1, -0.05) is 41.1 Å². The van der Waals surface area contributed by atoms with Crippen LogP contribution in [0.3, 0.4) is 0 Å². The maximum Gasteiger partial charge on any atom is 0.200 e. The molecular formula is C16H16BrF2NO. The Hall–Kier alpha value is -1.46. The van der Waals surface area contributed by atoms with Crippen LogP contribution in [-0.2, 0) is 0 Å². The van der Waals surface area contributed by atoms with Crippen molar-refractivity contribution < 1.29 is 13.5 Å². The lowest BCUT2D eigenvalue weighted by atomic mass is 10.0. The minimum atomic E-state index is -0.997. The highest BCUT2D eigenvalue weighted by atomic mass is 79.9. The van der Waals surface area contributed by atoms with Crippen LogP contribution in [0.4, 0.5) is 8.78 Å². The van der Waals surface area contributed by atoms with Crippen LogP contribution in [-0.4, -0.2) is 6.04 Å². The van der Waals surface area contributed by atoms with Gasteiger partial charge in [-0.3, -0.25) is 0 Å². The average molecular weight is 356 g/mol. The smallest absolute Gasteiger partial charge is 0.200 e. The zero-order valence-corrected chi connectivity index (χ0v) is 13.1. The van der Waals surface area contributed by atoms with Gasteiger partial charge in [0.1, 0.15) is 6.10 Å². The van der Waals surface area contributed by atoms with Crippen LogP contribution in [0.5, 0.6) is 5.75 Å². The summed E-state index contributed by atoms with van der Waals surface area (Å²) in [5.74, 6) is -2.07. The number of ether oxygens (including phenoxy) is 1. The molecule has 0 amide bonds. The summed E-state index contributed by atoms with van der Waals surface area (Å²) in [5, 5.41) is 0. The Bertz CT molecular complexity index is 604. The molecule has 0 aromatic heterocycles. The Morgan fingerprint density at radius 3 is 2.43 bits per heavy atom. The number of hydrogen-bond donors (Lipinski definition) is 1. The van der Waals surface area contributed by atoms with E-state index >= 15 is 0 Å². The summed E-state index contributed by atoms with van der Waals surface area (Å²) in [6.07, 6.45) is 0.108. The fraction of sp³-hybridized carbons (Fsp3) is 0.250. The van der Waals surface area contributed by atoms with Gasteiger partial charge in [0.25, 0.3) is 0 Å². The van der Waals surface area contributed by atoms with Crippen LogP contribution in [0.2, 0.25) is 0 Å². The average Bonchev–Trinajstić information content (AvgIpc) is 2.49. The fourth-order valence-corrected chi connectivity index (χ4v) is 2.25. The lowest BCUT2D eigenvalue weighted by Gasteiger charge is -2.25. The molecule has 0 bridgehead atoms. The van der Waals surface area contributed by atoms with Gasteiger partial charge in [0, 0.05) is 10.5 Å². The van der Waals surface area contributed by atoms with Crippen LogP contribution in [0.15, 0.2) is 46.9 Å². The van der Waals surface area contributed by atoms with Crippen LogP contribution in [0.25, 0.3) is 0 Å². The van der Waals surface area contributed by atoms with E-state index in [0.717, 1.165) is 16.1 Å². The largest absolute Gasteiger partial charge is 0.481 e. The molecule has 2 nitrogen and oxygen atoms in total. The molecule has 2 unspecified atom stereocenters. The number of nitrogens with two attached hydrogens (primary N) is 1. The van der Waals surface area contributed by atoms with Crippen molar-refractivity contribution in [2.24, 2.45) is 5.73 Å². The van der Waals surface area contributed by atoms with E-state index in [1.54, 1.807) is 0 Å². The third kappa shape index (κ3) is 3.80. The molecule has 0 heterocycles. The Kier molecular flexibility index (Phi) is 5.31. The number of rotatable bonds is 5. The van der Waals surface area contributed by atoms with Gasteiger partial charge in [-0.05, 0) is 36.2 Å². The Morgan fingerprint density at radius 1 is 1.14 bits per heavy atom. The Morgan fingerprint density at radius 2 is 1.81 bits per heavy atom. The van der Waals surface area contributed by atoms with Crippen molar-refractivity contribution in [2.75, 3.05) is 0 Å². The van der Waals surface area contributed by atoms with Crippen LogP contribution in [0, 0.1) is 11.6 Å². The molecule has 2 aromatic carbocycles. The Labute approximate surface area is 131 Å². The molecule has 2 N–H and O–H groups in total. The van der Waals surface area contributed by atoms with Crippen molar-refractivity contribution in [2.45, 2.75) is 25.5 Å². The van der Waals surface area contributed by atoms with E-state index in [0.29, 0.717) is 6.42 Å². The summed E-state index contributed by atoms with van der Waals surface area (Å²) in [7, 11) is 0. The zero-order valence-electron chi connectivity index (χ0n) is 11.5. The summed E-state index contributed by atoms with van der Waals surface area (Å²) in [4.78, 5) is 0. The first-order chi connectivity index (χ1) is 10.0. The van der Waals surface area contributed by atoms with Gasteiger partial charge in [-0.15, -0.1) is 0 Å². The van der Waals surface area contributed by atoms with E-state index in [1.165, 1.54) is 12.1 Å². The second-order valence-corrected chi connectivity index (χ2v) is 5.63. The highest BCUT2D eigenvalue weighted by Gasteiger charge is 2.22. The van der Waals surface area contributed by atoms with Gasteiger partial charge in [-0.2, -0.15) is 4.39 Å². The van der Waals surface area contributed by atoms with Gasteiger partial charge in [0.15, 0.2) is 11.6 Å². The van der Waals surface area contributed by atoms with E-state index in [9.17, 15) is 8.78 Å². The first-order valence-corrected chi connectivity index (χ1v) is 7.44. The molecule has 5 heteroatoms. The quantitative estimate of drug-likeness (QED) is 0.851. The summed E-state index contributed by atoms with van der Waals surface area (Å²) in [6.45, 7) is 1.92. The molecule has 112 valence electrons. The maximum atomic E-state index is 13.8. The number of hydrogen-bond acceptors (Lipinski definition) is 2. The number of halogens is 3. The molecule has 2 atom stereocenters. The second-order valence-electron chi connectivity index (χ2n) is 4.71. The molecule has 21 heavy (non-hydrogen) atoms. The van der Waals surface area contributed by atoms with E-state index in [-0.39, 0.29) is 11.8 Å². The minimum Gasteiger partial charge on any atom is -0.481 e. The van der Waals surface area contributed by atoms with Crippen molar-refractivity contribution in [3.05, 3.63) is 64.1 Å². The predicted octanol–water partition coefficient (Wildman–Crippen LogP) is 4.58. The van der Waals surface area contributed by atoms with Gasteiger partial charge in [0.2, 0.25) is 5.82 Å². The zero-order chi connectivity index (χ0) is 15.4. The SMILES string of the molecule is CCC(N)C(Oc1cccc(F)c1F)c1ccc(Br)cc1. The van der Waals surface area contributed by atoms with Crippen molar-refractivity contribution in [3.63, 3.8) is 0 Å². The molecular weight excluding hydrogens is 340 g/mol. The first-order valence-electron chi connectivity index (χ1n) is 6.64. The summed E-state index contributed by atoms with van der Waals surface area (Å²) < 4.78 is 33.6. The highest BCUT2D eigenvalue weighted by Crippen LogP contribution is 2.29. The predicted molar refractivity (Wildman–Crippen MR) is 82.1 cm³/mol. The lowest BCUT2D eigenvalue weighted by molar-refractivity contribution is 0.162. The highest BCUT2D eigenvalue weighted by molar-refractivity contribution is 9.10. The monoisotopic (exact) mass is 355 g/mol. The van der Waals surface area contributed by atoms with E-state index in [2.05, 4.69) is 15.9 Å². The van der Waals surface area contributed by atoms with Crippen LogP contribution in [0.1, 0.15) is 25.0 Å². The van der Waals surface area contributed by atoms with Crippen molar-refractivity contribution >= 4 is 15.9 Å². The summed E-state index contributed by atoms with van der Waals surface area (Å²) in [5.41, 5.74) is 6.89. The Balaban J connectivity index is 2.33. The van der Waals surface area contributed by atoms with Gasteiger partial charge in [0.05, 0.1) is 0 Å². The fourth-order valence-electron chi connectivity index (χ4n) is 1.98. The van der Waals surface area contributed by atoms with Crippen molar-refractivity contribution in [1.29, 1.82) is 0 Å². The normalized spacial score (nSPS) is 13.8. The first kappa shape index (κ1) is 15.9. The molecule has 2 aromatic rings. The van der Waals surface area contributed by atoms with Crippen LogP contribution >= 0.6 is 15.9 Å². The van der Waals surface area contributed by atoms with Crippen LogP contribution < -0.4 is 10.5 Å². The molecule has 0 saturated carbocycles.